The number of hydrogen-bond acceptors (Lipinski definition) is 7. The molecule has 0 radical (unpaired) electrons. The van der Waals surface area contributed by atoms with E-state index < -0.39 is 6.04 Å². The molecule has 2 aromatic heterocycles. The van der Waals surface area contributed by atoms with Gasteiger partial charge in [0.05, 0.1) is 13.4 Å². The van der Waals surface area contributed by atoms with Crippen LogP contribution in [0.5, 0.6) is 5.75 Å². The van der Waals surface area contributed by atoms with Gasteiger partial charge in [-0.25, -0.2) is 0 Å². The first kappa shape index (κ1) is 28.6. The van der Waals surface area contributed by atoms with Gasteiger partial charge in [0.15, 0.2) is 6.04 Å². The van der Waals surface area contributed by atoms with Gasteiger partial charge in [0.2, 0.25) is 5.82 Å². The molecule has 4 aromatic rings. The van der Waals surface area contributed by atoms with Crippen molar-refractivity contribution in [2.45, 2.75) is 82.3 Å². The van der Waals surface area contributed by atoms with Crippen molar-refractivity contribution in [1.82, 2.24) is 25.5 Å². The van der Waals surface area contributed by atoms with Gasteiger partial charge in [-0.05, 0) is 90.9 Å². The van der Waals surface area contributed by atoms with Crippen LogP contribution in [-0.4, -0.2) is 45.2 Å². The zero-order valence-electron chi connectivity index (χ0n) is 24.5. The van der Waals surface area contributed by atoms with Crippen molar-refractivity contribution < 1.29 is 18.7 Å². The molecule has 224 valence electrons. The van der Waals surface area contributed by atoms with Crippen molar-refractivity contribution >= 4 is 17.5 Å². The summed E-state index contributed by atoms with van der Waals surface area (Å²) in [7, 11) is 1.61. The molecule has 2 aromatic carbocycles. The molecule has 2 aliphatic rings. The number of ether oxygens (including phenoxy) is 1. The molecule has 10 nitrogen and oxygen atoms in total. The fourth-order valence-corrected chi connectivity index (χ4v) is 6.31. The average molecular weight is 583 g/mol. The first-order valence-electron chi connectivity index (χ1n) is 15.3. The molecule has 0 saturated heterocycles. The van der Waals surface area contributed by atoms with Crippen LogP contribution < -0.4 is 15.0 Å². The number of nitrogens with zero attached hydrogens (tertiary/aromatic N) is 5. The number of rotatable bonds is 10. The number of tetrazole rings is 1. The number of furan rings is 1. The fraction of sp³-hybridized carbons (Fsp3) is 0.424. The van der Waals surface area contributed by atoms with Gasteiger partial charge >= 0.3 is 0 Å². The lowest BCUT2D eigenvalue weighted by Gasteiger charge is -2.31. The van der Waals surface area contributed by atoms with Gasteiger partial charge in [0.25, 0.3) is 11.8 Å². The molecule has 1 atom stereocenters. The van der Waals surface area contributed by atoms with Crippen LogP contribution in [0, 0.1) is 0 Å². The minimum Gasteiger partial charge on any atom is -0.497 e. The standard InChI is InChI=1S/C33H38N6O4/c1-42-28-19-15-25(16-20-28)32-35-37-38(36-32)22-30(40)39(27-17-13-24(14-18-27)23-8-3-2-4-9-23)31(29-12-7-21-43-29)33(41)34-26-10-5-6-11-26/h7,12-21,23,26,31H,2-6,8-11,22H2,1H3,(H,34,41). The quantitative estimate of drug-likeness (QED) is 0.250. The van der Waals surface area contributed by atoms with Crippen molar-refractivity contribution in [2.75, 3.05) is 12.0 Å². The van der Waals surface area contributed by atoms with E-state index in [2.05, 4.69) is 32.9 Å². The minimum atomic E-state index is -0.992. The maximum absolute atomic E-state index is 14.2. The van der Waals surface area contributed by atoms with Gasteiger partial charge in [-0.1, -0.05) is 44.2 Å². The monoisotopic (exact) mass is 582 g/mol. The molecule has 0 spiro atoms. The van der Waals surface area contributed by atoms with Gasteiger partial charge in [0.1, 0.15) is 18.1 Å². The molecule has 1 unspecified atom stereocenters. The molecule has 2 fully saturated rings. The number of benzene rings is 2. The Kier molecular flexibility index (Phi) is 8.81. The minimum absolute atomic E-state index is 0.0830. The van der Waals surface area contributed by atoms with Crippen LogP contribution in [0.25, 0.3) is 11.4 Å². The number of nitrogens with one attached hydrogen (secondary N) is 1. The van der Waals surface area contributed by atoms with E-state index in [1.165, 1.54) is 53.6 Å². The Morgan fingerprint density at radius 2 is 1.70 bits per heavy atom. The summed E-state index contributed by atoms with van der Waals surface area (Å²) in [5.41, 5.74) is 2.63. The Bertz CT molecular complexity index is 1490. The van der Waals surface area contributed by atoms with Gasteiger partial charge in [-0.3, -0.25) is 14.5 Å². The number of carbonyl (C=O) groups excluding carboxylic acids is 2. The second-order valence-electron chi connectivity index (χ2n) is 11.5. The zero-order chi connectivity index (χ0) is 29.6. The topological polar surface area (TPSA) is 115 Å². The van der Waals surface area contributed by atoms with Crippen molar-refractivity contribution in [3.63, 3.8) is 0 Å². The van der Waals surface area contributed by atoms with Crippen molar-refractivity contribution in [3.05, 3.63) is 78.3 Å². The third kappa shape index (κ3) is 6.63. The Balaban J connectivity index is 1.31. The summed E-state index contributed by atoms with van der Waals surface area (Å²) in [6.45, 7) is -0.207. The average Bonchev–Trinajstić information content (AvgIpc) is 3.85. The zero-order valence-corrected chi connectivity index (χ0v) is 24.5. The van der Waals surface area contributed by atoms with Crippen LogP contribution in [0.4, 0.5) is 5.69 Å². The third-order valence-corrected chi connectivity index (χ3v) is 8.62. The van der Waals surface area contributed by atoms with Crippen molar-refractivity contribution in [2.24, 2.45) is 0 Å². The summed E-state index contributed by atoms with van der Waals surface area (Å²) in [6.07, 6.45) is 11.7. The number of amides is 2. The largest absolute Gasteiger partial charge is 0.497 e. The van der Waals surface area contributed by atoms with E-state index in [1.54, 1.807) is 19.2 Å². The molecule has 2 aliphatic carbocycles. The van der Waals surface area contributed by atoms with E-state index >= 15 is 0 Å². The van der Waals surface area contributed by atoms with Crippen molar-refractivity contribution in [3.8, 4) is 17.1 Å². The van der Waals surface area contributed by atoms with E-state index in [1.807, 2.05) is 36.4 Å². The first-order chi connectivity index (χ1) is 21.1. The number of carbonyl (C=O) groups is 2. The second kappa shape index (κ2) is 13.2. The Morgan fingerprint density at radius 3 is 2.37 bits per heavy atom. The van der Waals surface area contributed by atoms with E-state index in [0.29, 0.717) is 23.2 Å². The molecule has 2 heterocycles. The molecule has 0 aliphatic heterocycles. The van der Waals surface area contributed by atoms with Gasteiger partial charge < -0.3 is 14.5 Å². The molecular weight excluding hydrogens is 544 g/mol. The lowest BCUT2D eigenvalue weighted by atomic mass is 9.84. The SMILES string of the molecule is COc1ccc(-c2nnn(CC(=O)N(c3ccc(C4CCCCC4)cc3)C(C(=O)NC3CCCC3)c3ccco3)n2)cc1. The molecular formula is C33H38N6O4. The predicted octanol–water partition coefficient (Wildman–Crippen LogP) is 5.82. The predicted molar refractivity (Wildman–Crippen MR) is 161 cm³/mol. The van der Waals surface area contributed by atoms with E-state index in [9.17, 15) is 9.59 Å². The number of hydrogen-bond donors (Lipinski definition) is 1. The molecule has 6 rings (SSSR count). The molecule has 2 amide bonds. The van der Waals surface area contributed by atoms with E-state index in [4.69, 9.17) is 9.15 Å². The lowest BCUT2D eigenvalue weighted by molar-refractivity contribution is -0.128. The smallest absolute Gasteiger partial charge is 0.251 e. The fourth-order valence-electron chi connectivity index (χ4n) is 6.31. The highest BCUT2D eigenvalue weighted by Gasteiger charge is 2.36. The number of methoxy groups -OCH3 is 1. The van der Waals surface area contributed by atoms with Crippen LogP contribution in [-0.2, 0) is 16.1 Å². The highest BCUT2D eigenvalue weighted by atomic mass is 16.5. The Labute approximate surface area is 251 Å². The summed E-state index contributed by atoms with van der Waals surface area (Å²) in [6, 6.07) is 17.9. The number of aromatic nitrogens is 4. The molecule has 1 N–H and O–H groups in total. The van der Waals surface area contributed by atoms with Crippen molar-refractivity contribution in [1.29, 1.82) is 0 Å². The van der Waals surface area contributed by atoms with Crippen LogP contribution in [0.1, 0.15) is 81.1 Å². The number of anilines is 1. The van der Waals surface area contributed by atoms with Gasteiger partial charge in [-0.2, -0.15) is 4.80 Å². The van der Waals surface area contributed by atoms with E-state index in [-0.39, 0.29) is 24.4 Å². The molecule has 43 heavy (non-hydrogen) atoms. The summed E-state index contributed by atoms with van der Waals surface area (Å²) in [5, 5.41) is 16.0. The Morgan fingerprint density at radius 1 is 0.977 bits per heavy atom. The van der Waals surface area contributed by atoms with Gasteiger partial charge in [-0.15, -0.1) is 10.2 Å². The third-order valence-electron chi connectivity index (χ3n) is 8.62. The molecule has 2 saturated carbocycles. The van der Waals surface area contributed by atoms with Gasteiger partial charge in [0, 0.05) is 17.3 Å². The summed E-state index contributed by atoms with van der Waals surface area (Å²) in [5.74, 6) is 1.40. The first-order valence-corrected chi connectivity index (χ1v) is 15.3. The van der Waals surface area contributed by atoms with Crippen LogP contribution in [0.15, 0.2) is 71.3 Å². The highest BCUT2D eigenvalue weighted by Crippen LogP contribution is 2.35. The van der Waals surface area contributed by atoms with Crippen LogP contribution in [0.2, 0.25) is 0 Å². The maximum atomic E-state index is 14.2. The maximum Gasteiger partial charge on any atom is 0.251 e. The highest BCUT2D eigenvalue weighted by molar-refractivity contribution is 6.01. The Hall–Kier alpha value is -4.47. The van der Waals surface area contributed by atoms with Crippen LogP contribution >= 0.6 is 0 Å². The summed E-state index contributed by atoms with van der Waals surface area (Å²) < 4.78 is 11.0. The molecule has 10 heteroatoms. The lowest BCUT2D eigenvalue weighted by Crippen LogP contribution is -2.47. The summed E-state index contributed by atoms with van der Waals surface area (Å²) in [4.78, 5) is 30.8. The molecule has 0 bridgehead atoms. The van der Waals surface area contributed by atoms with E-state index in [0.717, 1.165) is 37.0 Å². The van der Waals surface area contributed by atoms with Crippen LogP contribution in [0.3, 0.4) is 0 Å². The second-order valence-corrected chi connectivity index (χ2v) is 11.5. The summed E-state index contributed by atoms with van der Waals surface area (Å²) >= 11 is 0. The normalized spacial score (nSPS) is 16.6.